The van der Waals surface area contributed by atoms with Crippen LogP contribution in [0, 0.1) is 0 Å². The van der Waals surface area contributed by atoms with Gasteiger partial charge in [-0.1, -0.05) is 25.1 Å². The molecule has 118 valence electrons. The first-order valence-corrected chi connectivity index (χ1v) is 7.24. The maximum atomic E-state index is 8.81. The lowest BCUT2D eigenvalue weighted by atomic mass is 10.1. The minimum Gasteiger partial charge on any atom is -0.496 e. The molecular formula is C15H26N4O2. The monoisotopic (exact) mass is 294 g/mol. The number of oxime groups is 1. The van der Waals surface area contributed by atoms with Crippen LogP contribution in [0.5, 0.6) is 5.75 Å². The number of ether oxygens (including phenoxy) is 1. The highest BCUT2D eigenvalue weighted by Gasteiger charge is 2.09. The number of nitrogens with one attached hydrogen (secondary N) is 1. The summed E-state index contributed by atoms with van der Waals surface area (Å²) < 4.78 is 5.21. The number of nitrogens with two attached hydrogens (primary N) is 1. The molecular weight excluding hydrogens is 268 g/mol. The second kappa shape index (κ2) is 9.20. The zero-order valence-corrected chi connectivity index (χ0v) is 13.1. The number of hydrogen-bond acceptors (Lipinski definition) is 5. The van der Waals surface area contributed by atoms with Crippen molar-refractivity contribution in [2.75, 3.05) is 33.3 Å². The smallest absolute Gasteiger partial charge is 0.173 e. The molecule has 0 amide bonds. The normalized spacial score (nSPS) is 11.9. The summed E-state index contributed by atoms with van der Waals surface area (Å²) in [5, 5.41) is 15.2. The summed E-state index contributed by atoms with van der Waals surface area (Å²) in [7, 11) is 1.56. The van der Waals surface area contributed by atoms with Crippen LogP contribution in [0.1, 0.15) is 25.0 Å². The average molecular weight is 294 g/mol. The third-order valence-corrected chi connectivity index (χ3v) is 3.48. The molecule has 0 saturated carbocycles. The van der Waals surface area contributed by atoms with Crippen molar-refractivity contribution in [1.29, 1.82) is 0 Å². The molecule has 1 rings (SSSR count). The lowest BCUT2D eigenvalue weighted by Crippen LogP contribution is -2.31. The maximum Gasteiger partial charge on any atom is 0.173 e. The second-order valence-corrected chi connectivity index (χ2v) is 4.72. The van der Waals surface area contributed by atoms with Crippen LogP contribution in [0.25, 0.3) is 0 Å². The Labute approximate surface area is 126 Å². The van der Waals surface area contributed by atoms with Crippen molar-refractivity contribution >= 4 is 5.84 Å². The van der Waals surface area contributed by atoms with Crippen molar-refractivity contribution in [3.8, 4) is 5.75 Å². The first kappa shape index (κ1) is 17.3. The number of rotatable bonds is 9. The van der Waals surface area contributed by atoms with Crippen LogP contribution in [-0.2, 0) is 6.54 Å². The van der Waals surface area contributed by atoms with Crippen molar-refractivity contribution in [3.63, 3.8) is 0 Å². The van der Waals surface area contributed by atoms with E-state index in [-0.39, 0.29) is 5.84 Å². The standard InChI is InChI=1S/C15H26N4O2/c1-4-19(5-2)9-8-17-11-12-6-7-14(21-3)13(10-12)15(16)18-20/h6-7,10,17,20H,4-5,8-9,11H2,1-3H3,(H2,16,18). The largest absolute Gasteiger partial charge is 0.496 e. The van der Waals surface area contributed by atoms with Crippen LogP contribution in [0.2, 0.25) is 0 Å². The molecule has 0 spiro atoms. The molecule has 0 heterocycles. The number of benzene rings is 1. The van der Waals surface area contributed by atoms with Crippen molar-refractivity contribution in [3.05, 3.63) is 29.3 Å². The van der Waals surface area contributed by atoms with Crippen molar-refractivity contribution in [2.45, 2.75) is 20.4 Å². The SMILES string of the molecule is CCN(CC)CCNCc1ccc(OC)c(C(N)=NO)c1. The summed E-state index contributed by atoms with van der Waals surface area (Å²) in [4.78, 5) is 2.36. The zero-order chi connectivity index (χ0) is 15.7. The molecule has 0 fully saturated rings. The van der Waals surface area contributed by atoms with E-state index in [4.69, 9.17) is 15.7 Å². The van der Waals surface area contributed by atoms with Crippen LogP contribution >= 0.6 is 0 Å². The molecule has 0 bridgehead atoms. The quantitative estimate of drug-likeness (QED) is 0.210. The summed E-state index contributed by atoms with van der Waals surface area (Å²) >= 11 is 0. The van der Waals surface area contributed by atoms with Gasteiger partial charge < -0.3 is 25.9 Å². The molecule has 0 radical (unpaired) electrons. The number of hydrogen-bond donors (Lipinski definition) is 3. The van der Waals surface area contributed by atoms with Crippen LogP contribution in [0.4, 0.5) is 0 Å². The fraction of sp³-hybridized carbons (Fsp3) is 0.533. The molecule has 1 aromatic rings. The summed E-state index contributed by atoms with van der Waals surface area (Å²) in [6.07, 6.45) is 0. The van der Waals surface area contributed by atoms with Gasteiger partial charge in [0, 0.05) is 19.6 Å². The van der Waals surface area contributed by atoms with E-state index in [9.17, 15) is 0 Å². The van der Waals surface area contributed by atoms with E-state index >= 15 is 0 Å². The second-order valence-electron chi connectivity index (χ2n) is 4.72. The van der Waals surface area contributed by atoms with Crippen LogP contribution in [0.3, 0.4) is 0 Å². The molecule has 0 aliphatic heterocycles. The van der Waals surface area contributed by atoms with Crippen molar-refractivity contribution in [1.82, 2.24) is 10.2 Å². The lowest BCUT2D eigenvalue weighted by Gasteiger charge is -2.18. The van der Waals surface area contributed by atoms with Gasteiger partial charge in [0.15, 0.2) is 5.84 Å². The highest BCUT2D eigenvalue weighted by atomic mass is 16.5. The molecule has 4 N–H and O–H groups in total. The van der Waals surface area contributed by atoms with Crippen molar-refractivity contribution < 1.29 is 9.94 Å². The summed E-state index contributed by atoms with van der Waals surface area (Å²) in [6, 6.07) is 5.67. The van der Waals surface area contributed by atoms with Gasteiger partial charge in [0.2, 0.25) is 0 Å². The van der Waals surface area contributed by atoms with Crippen LogP contribution in [-0.4, -0.2) is 49.2 Å². The molecule has 6 heteroatoms. The molecule has 0 aliphatic carbocycles. The lowest BCUT2D eigenvalue weighted by molar-refractivity contribution is 0.302. The van der Waals surface area contributed by atoms with E-state index in [1.54, 1.807) is 7.11 Å². The molecule has 1 aromatic carbocycles. The Kier molecular flexibility index (Phi) is 7.56. The zero-order valence-electron chi connectivity index (χ0n) is 13.1. The van der Waals surface area contributed by atoms with Gasteiger partial charge >= 0.3 is 0 Å². The van der Waals surface area contributed by atoms with Gasteiger partial charge in [-0.05, 0) is 30.8 Å². The highest BCUT2D eigenvalue weighted by Crippen LogP contribution is 2.19. The summed E-state index contributed by atoms with van der Waals surface area (Å²) in [6.45, 7) is 9.13. The predicted molar refractivity (Wildman–Crippen MR) is 85.0 cm³/mol. The molecule has 0 unspecified atom stereocenters. The molecule has 6 nitrogen and oxygen atoms in total. The third-order valence-electron chi connectivity index (χ3n) is 3.48. The minimum absolute atomic E-state index is 0.0526. The molecule has 0 atom stereocenters. The highest BCUT2D eigenvalue weighted by molar-refractivity contribution is 5.99. The van der Waals surface area contributed by atoms with E-state index in [1.807, 2.05) is 18.2 Å². The number of amidine groups is 1. The Morgan fingerprint density at radius 3 is 2.67 bits per heavy atom. The van der Waals surface area contributed by atoms with Crippen LogP contribution in [0.15, 0.2) is 23.4 Å². The van der Waals surface area contributed by atoms with Gasteiger partial charge in [0.25, 0.3) is 0 Å². The number of nitrogens with zero attached hydrogens (tertiary/aromatic N) is 2. The molecule has 21 heavy (non-hydrogen) atoms. The van der Waals surface area contributed by atoms with Gasteiger partial charge in [0.05, 0.1) is 12.7 Å². The minimum atomic E-state index is 0.0526. The van der Waals surface area contributed by atoms with E-state index in [1.165, 1.54) is 0 Å². The molecule has 0 aromatic heterocycles. The number of likely N-dealkylation sites (N-methyl/N-ethyl adjacent to an activating group) is 1. The topological polar surface area (TPSA) is 83.1 Å². The molecule has 0 aliphatic rings. The van der Waals surface area contributed by atoms with Gasteiger partial charge in [-0.2, -0.15) is 0 Å². The van der Waals surface area contributed by atoms with Gasteiger partial charge in [-0.25, -0.2) is 0 Å². The van der Waals surface area contributed by atoms with Gasteiger partial charge in [0.1, 0.15) is 5.75 Å². The van der Waals surface area contributed by atoms with Gasteiger partial charge in [-0.3, -0.25) is 0 Å². The summed E-state index contributed by atoms with van der Waals surface area (Å²) in [5.41, 5.74) is 7.33. The van der Waals surface area contributed by atoms with E-state index < -0.39 is 0 Å². The Morgan fingerprint density at radius 1 is 1.38 bits per heavy atom. The Balaban J connectivity index is 2.60. The number of methoxy groups -OCH3 is 1. The van der Waals surface area contributed by atoms with E-state index in [0.717, 1.165) is 38.3 Å². The van der Waals surface area contributed by atoms with Crippen LogP contribution < -0.4 is 15.8 Å². The Morgan fingerprint density at radius 2 is 2.10 bits per heavy atom. The van der Waals surface area contributed by atoms with E-state index in [0.29, 0.717) is 11.3 Å². The average Bonchev–Trinajstić information content (AvgIpc) is 2.54. The summed E-state index contributed by atoms with van der Waals surface area (Å²) in [5.74, 6) is 0.647. The fourth-order valence-corrected chi connectivity index (χ4v) is 2.13. The Hall–Kier alpha value is -1.79. The first-order valence-electron chi connectivity index (χ1n) is 7.24. The van der Waals surface area contributed by atoms with E-state index in [2.05, 4.69) is 29.2 Å². The fourth-order valence-electron chi connectivity index (χ4n) is 2.13. The predicted octanol–water partition coefficient (Wildman–Crippen LogP) is 1.22. The first-order chi connectivity index (χ1) is 10.2. The van der Waals surface area contributed by atoms with Gasteiger partial charge in [-0.15, -0.1) is 0 Å². The van der Waals surface area contributed by atoms with Crippen molar-refractivity contribution in [2.24, 2.45) is 10.9 Å². The Bertz CT molecular complexity index is 459. The molecule has 0 saturated heterocycles. The maximum absolute atomic E-state index is 8.81. The third kappa shape index (κ3) is 5.24.